The SMILES string of the molecule is CNC(Cc1ccc(O)c(O)c1)C(=O)O.NCC(=O)O. The lowest BCUT2D eigenvalue weighted by molar-refractivity contribution is -0.139. The number of rotatable bonds is 5. The largest absolute Gasteiger partial charge is 0.504 e. The van der Waals surface area contributed by atoms with Crippen LogP contribution in [0.5, 0.6) is 11.5 Å². The van der Waals surface area contributed by atoms with Gasteiger partial charge in [0.25, 0.3) is 0 Å². The Kier molecular flexibility index (Phi) is 7.71. The van der Waals surface area contributed by atoms with Gasteiger partial charge in [-0.25, -0.2) is 0 Å². The first-order valence-corrected chi connectivity index (χ1v) is 5.64. The lowest BCUT2D eigenvalue weighted by atomic mass is 10.1. The van der Waals surface area contributed by atoms with Gasteiger partial charge in [0.15, 0.2) is 11.5 Å². The zero-order chi connectivity index (χ0) is 15.7. The first-order valence-electron chi connectivity index (χ1n) is 5.64. The highest BCUT2D eigenvalue weighted by atomic mass is 16.4. The number of benzene rings is 1. The molecule has 7 N–H and O–H groups in total. The van der Waals surface area contributed by atoms with E-state index >= 15 is 0 Å². The predicted molar refractivity (Wildman–Crippen MR) is 70.6 cm³/mol. The van der Waals surface area contributed by atoms with Gasteiger partial charge >= 0.3 is 11.9 Å². The van der Waals surface area contributed by atoms with Crippen LogP contribution in [0.25, 0.3) is 0 Å². The Morgan fingerprint density at radius 3 is 2.15 bits per heavy atom. The molecule has 1 unspecified atom stereocenters. The Labute approximate surface area is 115 Å². The summed E-state index contributed by atoms with van der Waals surface area (Å²) in [6.45, 7) is -0.278. The van der Waals surface area contributed by atoms with E-state index in [1.807, 2.05) is 0 Å². The molecular weight excluding hydrogens is 268 g/mol. The van der Waals surface area contributed by atoms with Crippen molar-refractivity contribution in [2.75, 3.05) is 13.6 Å². The van der Waals surface area contributed by atoms with Crippen LogP contribution in [0, 0.1) is 0 Å². The minimum absolute atomic E-state index is 0.213. The van der Waals surface area contributed by atoms with Gasteiger partial charge in [-0.1, -0.05) is 6.07 Å². The number of nitrogens with two attached hydrogens (primary N) is 1. The minimum Gasteiger partial charge on any atom is -0.504 e. The van der Waals surface area contributed by atoms with E-state index in [-0.39, 0.29) is 24.5 Å². The highest BCUT2D eigenvalue weighted by Gasteiger charge is 2.15. The second-order valence-electron chi connectivity index (χ2n) is 3.80. The molecule has 0 amide bonds. The summed E-state index contributed by atoms with van der Waals surface area (Å²) in [5.41, 5.74) is 5.22. The number of aliphatic carboxylic acids is 2. The number of hydrogen-bond donors (Lipinski definition) is 6. The maximum atomic E-state index is 10.7. The Morgan fingerprint density at radius 2 is 1.80 bits per heavy atom. The highest BCUT2D eigenvalue weighted by Crippen LogP contribution is 2.25. The predicted octanol–water partition coefficient (Wildman–Crippen LogP) is -0.657. The summed E-state index contributed by atoms with van der Waals surface area (Å²) in [6, 6.07) is 3.55. The molecule has 0 aromatic heterocycles. The Bertz CT molecular complexity index is 463. The van der Waals surface area contributed by atoms with Crippen LogP contribution in [-0.4, -0.2) is 52.0 Å². The van der Waals surface area contributed by atoms with Gasteiger partial charge in [-0.2, -0.15) is 0 Å². The summed E-state index contributed by atoms with van der Waals surface area (Å²) >= 11 is 0. The van der Waals surface area contributed by atoms with Crippen molar-refractivity contribution in [3.05, 3.63) is 23.8 Å². The topological polar surface area (TPSA) is 153 Å². The van der Waals surface area contributed by atoms with Crippen LogP contribution in [0.1, 0.15) is 5.56 Å². The molecule has 8 heteroatoms. The standard InChI is InChI=1S/C10H13NO4.C2H5NO2/c1-11-7(10(14)15)4-6-2-3-8(12)9(13)5-6;3-1-2(4)5/h2-3,5,7,11-13H,4H2,1H3,(H,14,15);1,3H2,(H,4,5). The fraction of sp³-hybridized carbons (Fsp3) is 0.333. The summed E-state index contributed by atoms with van der Waals surface area (Å²) < 4.78 is 0. The molecule has 1 rings (SSSR count). The van der Waals surface area contributed by atoms with Gasteiger partial charge in [-0.3, -0.25) is 9.59 Å². The van der Waals surface area contributed by atoms with Gasteiger partial charge in [-0.15, -0.1) is 0 Å². The summed E-state index contributed by atoms with van der Waals surface area (Å²) in [5, 5.41) is 37.3. The second-order valence-corrected chi connectivity index (χ2v) is 3.80. The van der Waals surface area contributed by atoms with E-state index in [2.05, 4.69) is 11.1 Å². The van der Waals surface area contributed by atoms with E-state index in [0.717, 1.165) is 0 Å². The van der Waals surface area contributed by atoms with Crippen LogP contribution in [0.15, 0.2) is 18.2 Å². The van der Waals surface area contributed by atoms with Crippen molar-refractivity contribution >= 4 is 11.9 Å². The van der Waals surface area contributed by atoms with E-state index in [0.29, 0.717) is 5.56 Å². The highest BCUT2D eigenvalue weighted by molar-refractivity contribution is 5.73. The number of carboxylic acid groups (broad SMARTS) is 2. The van der Waals surface area contributed by atoms with Gasteiger partial charge in [0.2, 0.25) is 0 Å². The molecule has 1 atom stereocenters. The molecule has 0 bridgehead atoms. The normalized spacial score (nSPS) is 11.1. The number of likely N-dealkylation sites (N-methyl/N-ethyl adjacent to an activating group) is 1. The molecule has 0 radical (unpaired) electrons. The van der Waals surface area contributed by atoms with Gasteiger partial charge in [0, 0.05) is 0 Å². The fourth-order valence-electron chi connectivity index (χ4n) is 1.24. The average molecular weight is 286 g/mol. The van der Waals surface area contributed by atoms with Crippen molar-refractivity contribution in [2.45, 2.75) is 12.5 Å². The Hall–Kier alpha value is -2.32. The molecule has 0 heterocycles. The lowest BCUT2D eigenvalue weighted by Gasteiger charge is -2.11. The van der Waals surface area contributed by atoms with Gasteiger partial charge in [0.1, 0.15) is 6.04 Å². The zero-order valence-corrected chi connectivity index (χ0v) is 10.9. The lowest BCUT2D eigenvalue weighted by Crippen LogP contribution is -2.35. The third-order valence-electron chi connectivity index (χ3n) is 2.30. The van der Waals surface area contributed by atoms with E-state index in [1.165, 1.54) is 12.1 Å². The molecule has 8 nitrogen and oxygen atoms in total. The first kappa shape index (κ1) is 17.7. The second kappa shape index (κ2) is 8.73. The summed E-state index contributed by atoms with van der Waals surface area (Å²) in [5.74, 6) is -2.38. The smallest absolute Gasteiger partial charge is 0.321 e. The molecule has 0 saturated carbocycles. The van der Waals surface area contributed by atoms with E-state index in [1.54, 1.807) is 13.1 Å². The maximum Gasteiger partial charge on any atom is 0.321 e. The number of carbonyl (C=O) groups is 2. The van der Waals surface area contributed by atoms with Crippen molar-refractivity contribution < 1.29 is 30.0 Å². The molecule has 0 aliphatic carbocycles. The molecule has 0 aliphatic heterocycles. The van der Waals surface area contributed by atoms with Crippen molar-refractivity contribution in [1.82, 2.24) is 5.32 Å². The van der Waals surface area contributed by atoms with Crippen LogP contribution < -0.4 is 11.1 Å². The van der Waals surface area contributed by atoms with Crippen LogP contribution >= 0.6 is 0 Å². The van der Waals surface area contributed by atoms with Crippen LogP contribution in [0.3, 0.4) is 0 Å². The molecule has 20 heavy (non-hydrogen) atoms. The number of aromatic hydroxyl groups is 2. The molecular formula is C12H18N2O6. The van der Waals surface area contributed by atoms with E-state index in [9.17, 15) is 14.7 Å². The van der Waals surface area contributed by atoms with Crippen molar-refractivity contribution in [1.29, 1.82) is 0 Å². The molecule has 1 aromatic carbocycles. The van der Waals surface area contributed by atoms with Crippen molar-refractivity contribution in [2.24, 2.45) is 5.73 Å². The fourth-order valence-corrected chi connectivity index (χ4v) is 1.24. The number of phenolic OH excluding ortho intramolecular Hbond substituents is 2. The average Bonchev–Trinajstić information content (AvgIpc) is 2.40. The molecule has 0 aliphatic rings. The molecule has 112 valence electrons. The molecule has 1 aromatic rings. The maximum absolute atomic E-state index is 10.7. The van der Waals surface area contributed by atoms with Crippen molar-refractivity contribution in [3.63, 3.8) is 0 Å². The first-order chi connectivity index (χ1) is 9.31. The van der Waals surface area contributed by atoms with Gasteiger partial charge in [0.05, 0.1) is 6.54 Å². The van der Waals surface area contributed by atoms with Crippen molar-refractivity contribution in [3.8, 4) is 11.5 Å². The third-order valence-corrected chi connectivity index (χ3v) is 2.30. The number of carboxylic acids is 2. The Morgan fingerprint density at radius 1 is 1.25 bits per heavy atom. The van der Waals surface area contributed by atoms with Crippen LogP contribution in [0.2, 0.25) is 0 Å². The quantitative estimate of drug-likeness (QED) is 0.390. The van der Waals surface area contributed by atoms with Crippen LogP contribution in [0.4, 0.5) is 0 Å². The van der Waals surface area contributed by atoms with E-state index in [4.69, 9.17) is 15.3 Å². The van der Waals surface area contributed by atoms with Crippen LogP contribution in [-0.2, 0) is 16.0 Å². The summed E-state index contributed by atoms with van der Waals surface area (Å²) in [6.07, 6.45) is 0.250. The molecule has 0 saturated heterocycles. The van der Waals surface area contributed by atoms with Gasteiger partial charge < -0.3 is 31.5 Å². The Balaban J connectivity index is 0.000000621. The summed E-state index contributed by atoms with van der Waals surface area (Å²) in [7, 11) is 1.55. The monoisotopic (exact) mass is 286 g/mol. The summed E-state index contributed by atoms with van der Waals surface area (Å²) in [4.78, 5) is 20.0. The zero-order valence-electron chi connectivity index (χ0n) is 10.9. The number of phenols is 2. The van der Waals surface area contributed by atoms with Gasteiger partial charge in [-0.05, 0) is 31.2 Å². The van der Waals surface area contributed by atoms with E-state index < -0.39 is 18.0 Å². The minimum atomic E-state index is -0.968. The molecule has 0 spiro atoms. The number of hydrogen-bond acceptors (Lipinski definition) is 6. The number of nitrogens with one attached hydrogen (secondary N) is 1. The molecule has 0 fully saturated rings. The third kappa shape index (κ3) is 6.57.